The molecule has 0 unspecified atom stereocenters. The number of primary amides is 1. The topological polar surface area (TPSA) is 159 Å². The second-order valence-electron chi connectivity index (χ2n) is 9.76. The van der Waals surface area contributed by atoms with Gasteiger partial charge in [-0.25, -0.2) is 4.79 Å². The summed E-state index contributed by atoms with van der Waals surface area (Å²) in [4.78, 5) is 52.1. The summed E-state index contributed by atoms with van der Waals surface area (Å²) < 4.78 is 5.76. The van der Waals surface area contributed by atoms with Gasteiger partial charge in [0, 0.05) is 35.0 Å². The lowest BCUT2D eigenvalue weighted by Crippen LogP contribution is -2.58. The Morgan fingerprint density at radius 2 is 1.70 bits per heavy atom. The number of β-amino-alcohol motifs (C(OH)–C–C–N with tert-alkyl or cyclic N) is 1. The molecule has 1 aliphatic heterocycles. The summed E-state index contributed by atoms with van der Waals surface area (Å²) in [7, 11) is 0. The fraction of sp³-hybridized carbons (Fsp3) is 0.429. The lowest BCUT2D eigenvalue weighted by molar-refractivity contribution is -0.156. The van der Waals surface area contributed by atoms with Crippen LogP contribution in [0.3, 0.4) is 0 Å². The van der Waals surface area contributed by atoms with Crippen LogP contribution in [0.1, 0.15) is 44.2 Å². The number of amides is 3. The summed E-state index contributed by atoms with van der Waals surface area (Å²) in [6.07, 6.45) is -0.909. The van der Waals surface area contributed by atoms with E-state index < -0.39 is 47.3 Å². The second-order valence-corrected chi connectivity index (χ2v) is 10.6. The average Bonchev–Trinajstić information content (AvgIpc) is 3.31. The summed E-state index contributed by atoms with van der Waals surface area (Å²) in [5.41, 5.74) is 5.04. The molecular formula is C28H33Cl2N3O7. The van der Waals surface area contributed by atoms with Gasteiger partial charge in [-0.15, -0.1) is 0 Å². The molecule has 2 aromatic carbocycles. The number of nitrogens with two attached hydrogens (primary N) is 1. The van der Waals surface area contributed by atoms with Gasteiger partial charge in [-0.05, 0) is 42.7 Å². The van der Waals surface area contributed by atoms with Crippen molar-refractivity contribution < 1.29 is 34.1 Å². The van der Waals surface area contributed by atoms with E-state index in [4.69, 9.17) is 33.7 Å². The minimum atomic E-state index is -1.64. The molecule has 0 spiro atoms. The van der Waals surface area contributed by atoms with Crippen LogP contribution in [0.15, 0.2) is 42.5 Å². The van der Waals surface area contributed by atoms with Crippen LogP contribution in [0.5, 0.6) is 5.75 Å². The van der Waals surface area contributed by atoms with Crippen molar-refractivity contribution in [2.45, 2.75) is 64.3 Å². The fourth-order valence-corrected chi connectivity index (χ4v) is 5.34. The number of benzene rings is 2. The predicted octanol–water partition coefficient (Wildman–Crippen LogP) is 2.94. The van der Waals surface area contributed by atoms with Gasteiger partial charge in [0.05, 0.1) is 6.10 Å². The second kappa shape index (κ2) is 13.3. The highest BCUT2D eigenvalue weighted by molar-refractivity contribution is 6.35. The van der Waals surface area contributed by atoms with Gasteiger partial charge in [0.15, 0.2) is 0 Å². The summed E-state index contributed by atoms with van der Waals surface area (Å²) in [5.74, 6) is -2.98. The SMILES string of the molecule is CCC(CC)(C(=O)N[C@@H](Cc1ccc(OCc2c(Cl)cccc2Cl)cc1)C(=O)O)C(=O)N1C[C@H](O)C[C@@H]1C(N)=O. The van der Waals surface area contributed by atoms with E-state index in [1.165, 1.54) is 0 Å². The third-order valence-electron chi connectivity index (χ3n) is 7.33. The van der Waals surface area contributed by atoms with E-state index in [0.717, 1.165) is 4.90 Å². The molecule has 5 N–H and O–H groups in total. The number of likely N-dealkylation sites (tertiary alicyclic amines) is 1. The van der Waals surface area contributed by atoms with Crippen LogP contribution in [-0.2, 0) is 32.2 Å². The molecule has 0 bridgehead atoms. The fourth-order valence-electron chi connectivity index (χ4n) is 4.83. The van der Waals surface area contributed by atoms with Gasteiger partial charge in [0.1, 0.15) is 29.9 Å². The van der Waals surface area contributed by atoms with Gasteiger partial charge in [0.2, 0.25) is 17.7 Å². The number of carboxylic acids is 1. The number of rotatable bonds is 12. The smallest absolute Gasteiger partial charge is 0.326 e. The highest BCUT2D eigenvalue weighted by Crippen LogP contribution is 2.33. The Hall–Kier alpha value is -3.34. The monoisotopic (exact) mass is 593 g/mol. The largest absolute Gasteiger partial charge is 0.489 e. The molecule has 1 aliphatic rings. The number of hydrogen-bond donors (Lipinski definition) is 4. The van der Waals surface area contributed by atoms with E-state index in [9.17, 15) is 29.4 Å². The standard InChI is InChI=1S/C28H33Cl2N3O7/c1-3-28(4-2,27(39)33-14-17(34)13-23(33)24(31)35)26(38)32-22(25(36)37)12-16-8-10-18(11-9-16)40-15-19-20(29)6-5-7-21(19)30/h5-11,17,22-23,34H,3-4,12-15H2,1-2H3,(H2,31,35)(H,32,38)(H,36,37)/t17-,22+,23-/m1/s1. The summed E-state index contributed by atoms with van der Waals surface area (Å²) in [6.45, 7) is 3.27. The first-order chi connectivity index (χ1) is 18.9. The third-order valence-corrected chi connectivity index (χ3v) is 8.04. The number of nitrogens with zero attached hydrogens (tertiary/aromatic N) is 1. The van der Waals surface area contributed by atoms with Crippen molar-refractivity contribution >= 4 is 46.9 Å². The van der Waals surface area contributed by atoms with Crippen molar-refractivity contribution in [3.05, 3.63) is 63.6 Å². The Balaban J connectivity index is 1.72. The molecule has 3 rings (SSSR count). The maximum Gasteiger partial charge on any atom is 0.326 e. The van der Waals surface area contributed by atoms with Gasteiger partial charge in [-0.3, -0.25) is 14.4 Å². The molecule has 0 radical (unpaired) electrons. The highest BCUT2D eigenvalue weighted by Gasteiger charge is 2.50. The lowest BCUT2D eigenvalue weighted by Gasteiger charge is -2.35. The number of aliphatic hydroxyl groups is 1. The number of halogens is 2. The molecular weight excluding hydrogens is 561 g/mol. The maximum absolute atomic E-state index is 13.6. The number of carbonyl (C=O) groups is 4. The Morgan fingerprint density at radius 1 is 1.10 bits per heavy atom. The van der Waals surface area contributed by atoms with Crippen molar-refractivity contribution in [3.8, 4) is 5.75 Å². The van der Waals surface area contributed by atoms with Gasteiger partial charge in [-0.2, -0.15) is 0 Å². The lowest BCUT2D eigenvalue weighted by atomic mass is 9.79. The van der Waals surface area contributed by atoms with Gasteiger partial charge in [-0.1, -0.05) is 55.2 Å². The molecule has 0 saturated carbocycles. The van der Waals surface area contributed by atoms with Crippen molar-refractivity contribution in [3.63, 3.8) is 0 Å². The number of carbonyl (C=O) groups excluding carboxylic acids is 3. The molecule has 0 aliphatic carbocycles. The molecule has 0 aromatic heterocycles. The van der Waals surface area contributed by atoms with Gasteiger partial charge in [0.25, 0.3) is 0 Å². The third kappa shape index (κ3) is 6.86. The van der Waals surface area contributed by atoms with E-state index in [-0.39, 0.29) is 38.8 Å². The minimum absolute atomic E-state index is 0.0188. The minimum Gasteiger partial charge on any atom is -0.489 e. The van der Waals surface area contributed by atoms with E-state index >= 15 is 0 Å². The highest BCUT2D eigenvalue weighted by atomic mass is 35.5. The number of carboxylic acid groups (broad SMARTS) is 1. The molecule has 1 fully saturated rings. The van der Waals surface area contributed by atoms with E-state index in [1.807, 2.05) is 0 Å². The number of hydrogen-bond acceptors (Lipinski definition) is 6. The zero-order chi connectivity index (χ0) is 29.6. The molecule has 216 valence electrons. The summed E-state index contributed by atoms with van der Waals surface area (Å²) in [6, 6.07) is 9.44. The Morgan fingerprint density at radius 3 is 2.23 bits per heavy atom. The average molecular weight is 594 g/mol. The Kier molecular flexibility index (Phi) is 10.4. The summed E-state index contributed by atoms with van der Waals surface area (Å²) >= 11 is 12.4. The Bertz CT molecular complexity index is 1230. The van der Waals surface area contributed by atoms with Crippen LogP contribution in [0, 0.1) is 5.41 Å². The van der Waals surface area contributed by atoms with Crippen molar-refractivity contribution in [1.29, 1.82) is 0 Å². The number of aliphatic hydroxyl groups excluding tert-OH is 1. The zero-order valence-corrected chi connectivity index (χ0v) is 23.7. The van der Waals surface area contributed by atoms with Gasteiger partial charge >= 0.3 is 5.97 Å². The predicted molar refractivity (Wildman–Crippen MR) is 149 cm³/mol. The molecule has 12 heteroatoms. The number of ether oxygens (including phenoxy) is 1. The van der Waals surface area contributed by atoms with Crippen LogP contribution in [0.2, 0.25) is 10.0 Å². The first kappa shape index (κ1) is 31.2. The molecule has 3 amide bonds. The maximum atomic E-state index is 13.6. The first-order valence-corrected chi connectivity index (χ1v) is 13.7. The molecule has 40 heavy (non-hydrogen) atoms. The van der Waals surface area contributed by atoms with Crippen LogP contribution in [0.4, 0.5) is 0 Å². The van der Waals surface area contributed by atoms with E-state index in [1.54, 1.807) is 56.3 Å². The molecule has 1 heterocycles. The van der Waals surface area contributed by atoms with Crippen LogP contribution in [-0.4, -0.2) is 63.5 Å². The van der Waals surface area contributed by atoms with Gasteiger partial charge < -0.3 is 30.9 Å². The zero-order valence-electron chi connectivity index (χ0n) is 22.2. The molecule has 1 saturated heterocycles. The van der Waals surface area contributed by atoms with Crippen molar-refractivity contribution in [2.75, 3.05) is 6.54 Å². The van der Waals surface area contributed by atoms with Crippen molar-refractivity contribution in [2.24, 2.45) is 11.1 Å². The van der Waals surface area contributed by atoms with E-state index in [2.05, 4.69) is 5.32 Å². The normalized spacial score (nSPS) is 17.8. The first-order valence-electron chi connectivity index (χ1n) is 12.9. The van der Waals surface area contributed by atoms with Crippen molar-refractivity contribution in [1.82, 2.24) is 10.2 Å². The molecule has 10 nitrogen and oxygen atoms in total. The van der Waals surface area contributed by atoms with E-state index in [0.29, 0.717) is 26.9 Å². The number of aliphatic carboxylic acids is 1. The van der Waals surface area contributed by atoms with Crippen LogP contribution in [0.25, 0.3) is 0 Å². The number of nitrogens with one attached hydrogen (secondary N) is 1. The quantitative estimate of drug-likeness (QED) is 0.275. The molecule has 3 atom stereocenters. The van der Waals surface area contributed by atoms with Crippen LogP contribution >= 0.6 is 23.2 Å². The Labute approximate surface area is 242 Å². The summed E-state index contributed by atoms with van der Waals surface area (Å²) in [5, 5.41) is 23.4. The molecule has 2 aromatic rings. The van der Waals surface area contributed by atoms with Crippen LogP contribution < -0.4 is 15.8 Å².